The maximum atomic E-state index is 13.2. The number of hydrogen-bond donors (Lipinski definition) is 1. The number of nitrogens with one attached hydrogen (secondary N) is 1. The van der Waals surface area contributed by atoms with E-state index in [1.165, 1.54) is 38.7 Å². The predicted octanol–water partition coefficient (Wildman–Crippen LogP) is 4.25. The number of rotatable bonds is 6. The van der Waals surface area contributed by atoms with E-state index in [0.29, 0.717) is 29.0 Å². The van der Waals surface area contributed by atoms with E-state index in [9.17, 15) is 18.0 Å². The first-order chi connectivity index (χ1) is 17.3. The molecule has 1 N–H and O–H groups in total. The molecule has 1 aliphatic rings. The molecule has 2 aromatic heterocycles. The van der Waals surface area contributed by atoms with Gasteiger partial charge >= 0.3 is 0 Å². The molecule has 10 heteroatoms. The van der Waals surface area contributed by atoms with Crippen molar-refractivity contribution in [1.29, 1.82) is 0 Å². The number of sulfonamides is 1. The van der Waals surface area contributed by atoms with Gasteiger partial charge in [-0.3, -0.25) is 14.2 Å². The Morgan fingerprint density at radius 2 is 1.72 bits per heavy atom. The van der Waals surface area contributed by atoms with Gasteiger partial charge in [-0.15, -0.1) is 11.3 Å². The standard InChI is InChI=1S/C26H26N4O4S2/c1-18-5-7-19(8-6-18)22-16-35-25-24(22)26(32)29(17-27-25)15-23(31)28-20-9-11-21(12-10-20)36(33,34)30-13-3-2-4-14-30/h5-12,16-17H,2-4,13-15H2,1H3,(H,28,31). The smallest absolute Gasteiger partial charge is 0.263 e. The van der Waals surface area contributed by atoms with Crippen LogP contribution in [0, 0.1) is 6.92 Å². The van der Waals surface area contributed by atoms with Crippen molar-refractivity contribution in [3.63, 3.8) is 0 Å². The molecule has 1 fully saturated rings. The molecule has 1 aliphatic heterocycles. The molecule has 1 amide bonds. The first kappa shape index (κ1) is 24.4. The quantitative estimate of drug-likeness (QED) is 0.408. The van der Waals surface area contributed by atoms with Crippen LogP contribution in [0.25, 0.3) is 21.3 Å². The second-order valence-corrected chi connectivity index (χ2v) is 11.7. The average molecular weight is 523 g/mol. The Labute approximate surface area is 213 Å². The molecule has 0 aliphatic carbocycles. The van der Waals surface area contributed by atoms with Crippen LogP contribution in [-0.4, -0.2) is 41.3 Å². The third-order valence-corrected chi connectivity index (χ3v) is 9.13. The van der Waals surface area contributed by atoms with Crippen molar-refractivity contribution in [2.24, 2.45) is 0 Å². The maximum absolute atomic E-state index is 13.2. The lowest BCUT2D eigenvalue weighted by Crippen LogP contribution is -2.35. The summed E-state index contributed by atoms with van der Waals surface area (Å²) < 4.78 is 28.4. The molecule has 0 atom stereocenters. The van der Waals surface area contributed by atoms with Gasteiger partial charge in [-0.1, -0.05) is 36.2 Å². The number of piperidine rings is 1. The van der Waals surface area contributed by atoms with Crippen molar-refractivity contribution in [1.82, 2.24) is 13.9 Å². The Morgan fingerprint density at radius 3 is 2.42 bits per heavy atom. The number of benzene rings is 2. The number of aryl methyl sites for hydroxylation is 1. The van der Waals surface area contributed by atoms with Crippen LogP contribution in [0.3, 0.4) is 0 Å². The largest absolute Gasteiger partial charge is 0.325 e. The number of amides is 1. The zero-order chi connectivity index (χ0) is 25.3. The summed E-state index contributed by atoms with van der Waals surface area (Å²) in [6, 6.07) is 14.0. The second-order valence-electron chi connectivity index (χ2n) is 8.91. The average Bonchev–Trinajstić information content (AvgIpc) is 3.32. The molecule has 0 unspecified atom stereocenters. The van der Waals surface area contributed by atoms with Crippen molar-refractivity contribution in [3.8, 4) is 11.1 Å². The normalized spacial score (nSPS) is 14.7. The summed E-state index contributed by atoms with van der Waals surface area (Å²) in [7, 11) is -3.54. The first-order valence-corrected chi connectivity index (χ1v) is 14.1. The summed E-state index contributed by atoms with van der Waals surface area (Å²) in [6.45, 7) is 2.86. The maximum Gasteiger partial charge on any atom is 0.263 e. The van der Waals surface area contributed by atoms with Gasteiger partial charge in [0, 0.05) is 29.7 Å². The molecule has 4 aromatic rings. The van der Waals surface area contributed by atoms with Gasteiger partial charge in [0.15, 0.2) is 0 Å². The number of anilines is 1. The van der Waals surface area contributed by atoms with Gasteiger partial charge in [-0.05, 0) is 49.6 Å². The fourth-order valence-corrected chi connectivity index (χ4v) is 6.77. The zero-order valence-electron chi connectivity index (χ0n) is 19.8. The van der Waals surface area contributed by atoms with Crippen LogP contribution < -0.4 is 10.9 Å². The summed E-state index contributed by atoms with van der Waals surface area (Å²) in [6.07, 6.45) is 4.16. The van der Waals surface area contributed by atoms with E-state index in [1.807, 2.05) is 36.6 Å². The lowest BCUT2D eigenvalue weighted by molar-refractivity contribution is -0.116. The van der Waals surface area contributed by atoms with Crippen molar-refractivity contribution in [3.05, 3.63) is 76.2 Å². The highest BCUT2D eigenvalue weighted by atomic mass is 32.2. The summed E-state index contributed by atoms with van der Waals surface area (Å²) in [5.41, 5.74) is 3.02. The Bertz CT molecular complexity index is 1570. The van der Waals surface area contributed by atoms with E-state index in [0.717, 1.165) is 36.0 Å². The van der Waals surface area contributed by atoms with Crippen LogP contribution in [0.2, 0.25) is 0 Å². The molecular weight excluding hydrogens is 496 g/mol. The van der Waals surface area contributed by atoms with Crippen LogP contribution in [0.15, 0.2) is 69.9 Å². The fraction of sp³-hybridized carbons (Fsp3) is 0.269. The number of aromatic nitrogens is 2. The zero-order valence-corrected chi connectivity index (χ0v) is 21.4. The van der Waals surface area contributed by atoms with Crippen LogP contribution in [0.4, 0.5) is 5.69 Å². The van der Waals surface area contributed by atoms with Crippen LogP contribution >= 0.6 is 11.3 Å². The van der Waals surface area contributed by atoms with Gasteiger partial charge in [0.05, 0.1) is 16.6 Å². The monoisotopic (exact) mass is 522 g/mol. The number of nitrogens with zero attached hydrogens (tertiary/aromatic N) is 3. The number of hydrogen-bond acceptors (Lipinski definition) is 6. The van der Waals surface area contributed by atoms with Gasteiger partial charge in [0.1, 0.15) is 11.4 Å². The molecule has 1 saturated heterocycles. The van der Waals surface area contributed by atoms with E-state index < -0.39 is 15.9 Å². The fourth-order valence-electron chi connectivity index (χ4n) is 4.35. The summed E-state index contributed by atoms with van der Waals surface area (Å²) >= 11 is 1.39. The van der Waals surface area contributed by atoms with Gasteiger partial charge in [0.25, 0.3) is 5.56 Å². The topological polar surface area (TPSA) is 101 Å². The van der Waals surface area contributed by atoms with E-state index in [-0.39, 0.29) is 17.0 Å². The number of thiophene rings is 1. The number of carbonyl (C=O) groups excluding carboxylic acids is 1. The molecule has 186 valence electrons. The lowest BCUT2D eigenvalue weighted by atomic mass is 10.1. The van der Waals surface area contributed by atoms with Gasteiger partial charge in [0.2, 0.25) is 15.9 Å². The molecule has 0 bridgehead atoms. The van der Waals surface area contributed by atoms with Gasteiger partial charge < -0.3 is 5.32 Å². The Kier molecular flexibility index (Phi) is 6.74. The summed E-state index contributed by atoms with van der Waals surface area (Å²) in [4.78, 5) is 31.1. The lowest BCUT2D eigenvalue weighted by Gasteiger charge is -2.25. The first-order valence-electron chi connectivity index (χ1n) is 11.8. The third-order valence-electron chi connectivity index (χ3n) is 6.33. The molecule has 36 heavy (non-hydrogen) atoms. The third kappa shape index (κ3) is 4.84. The van der Waals surface area contributed by atoms with E-state index in [2.05, 4.69) is 10.3 Å². The predicted molar refractivity (Wildman–Crippen MR) is 142 cm³/mol. The van der Waals surface area contributed by atoms with Crippen LogP contribution in [0.1, 0.15) is 24.8 Å². The molecule has 0 radical (unpaired) electrons. The van der Waals surface area contributed by atoms with Crippen molar-refractivity contribution in [2.45, 2.75) is 37.6 Å². The molecule has 2 aromatic carbocycles. The van der Waals surface area contributed by atoms with Crippen LogP contribution in [-0.2, 0) is 21.4 Å². The molecule has 5 rings (SSSR count). The van der Waals surface area contributed by atoms with Crippen LogP contribution in [0.5, 0.6) is 0 Å². The van der Waals surface area contributed by atoms with Crippen molar-refractivity contribution in [2.75, 3.05) is 18.4 Å². The SMILES string of the molecule is Cc1ccc(-c2csc3ncn(CC(=O)Nc4ccc(S(=O)(=O)N5CCCCC5)cc4)c(=O)c23)cc1. The van der Waals surface area contributed by atoms with E-state index >= 15 is 0 Å². The minimum atomic E-state index is -3.54. The molecule has 0 spiro atoms. The second kappa shape index (κ2) is 9.96. The summed E-state index contributed by atoms with van der Waals surface area (Å²) in [5.74, 6) is -0.406. The van der Waals surface area contributed by atoms with E-state index in [4.69, 9.17) is 0 Å². The summed E-state index contributed by atoms with van der Waals surface area (Å²) in [5, 5.41) is 5.14. The molecule has 3 heterocycles. The highest BCUT2D eigenvalue weighted by molar-refractivity contribution is 7.89. The van der Waals surface area contributed by atoms with Crippen molar-refractivity contribution >= 4 is 43.2 Å². The Morgan fingerprint density at radius 1 is 1.03 bits per heavy atom. The Balaban J connectivity index is 1.32. The van der Waals surface area contributed by atoms with Gasteiger partial charge in [-0.25, -0.2) is 13.4 Å². The minimum absolute atomic E-state index is 0.203. The van der Waals surface area contributed by atoms with Gasteiger partial charge in [-0.2, -0.15) is 4.31 Å². The molecule has 8 nitrogen and oxygen atoms in total. The number of carbonyl (C=O) groups is 1. The highest BCUT2D eigenvalue weighted by Gasteiger charge is 2.25. The molecular formula is C26H26N4O4S2. The van der Waals surface area contributed by atoms with Crippen molar-refractivity contribution < 1.29 is 13.2 Å². The number of fused-ring (bicyclic) bond motifs is 1. The van der Waals surface area contributed by atoms with E-state index in [1.54, 1.807) is 12.1 Å². The molecule has 0 saturated carbocycles. The Hall–Kier alpha value is -3.34. The highest BCUT2D eigenvalue weighted by Crippen LogP contribution is 2.30. The minimum Gasteiger partial charge on any atom is -0.325 e.